The van der Waals surface area contributed by atoms with Crippen molar-refractivity contribution >= 4 is 11.9 Å². The molecule has 0 heterocycles. The maximum absolute atomic E-state index is 11.7. The number of ether oxygens (including phenoxy) is 3. The lowest BCUT2D eigenvalue weighted by Crippen LogP contribution is -2.46. The number of carbonyl (C=O) groups is 2. The van der Waals surface area contributed by atoms with Gasteiger partial charge in [0.2, 0.25) is 0 Å². The predicted octanol–water partition coefficient (Wildman–Crippen LogP) is 6.42. The molecule has 6 heteroatoms. The highest BCUT2D eigenvalue weighted by Gasteiger charge is 2.50. The van der Waals surface area contributed by atoms with Crippen molar-refractivity contribution in [2.24, 2.45) is 23.2 Å². The minimum atomic E-state index is -0.363. The van der Waals surface area contributed by atoms with Gasteiger partial charge in [-0.3, -0.25) is 0 Å². The number of hydrogen-bond donors (Lipinski definition) is 1. The van der Waals surface area contributed by atoms with Crippen LogP contribution in [0.25, 0.3) is 0 Å². The van der Waals surface area contributed by atoms with Gasteiger partial charge in [0, 0.05) is 0 Å². The molecular formula is C30H38O6. The third-order valence-corrected chi connectivity index (χ3v) is 7.81. The van der Waals surface area contributed by atoms with Crippen molar-refractivity contribution in [2.45, 2.75) is 58.8 Å². The molecule has 0 aromatic heterocycles. The Labute approximate surface area is 214 Å². The van der Waals surface area contributed by atoms with Gasteiger partial charge in [-0.1, -0.05) is 0 Å². The van der Waals surface area contributed by atoms with Crippen molar-refractivity contribution in [1.82, 2.24) is 0 Å². The molecule has 0 radical (unpaired) electrons. The summed E-state index contributed by atoms with van der Waals surface area (Å²) in [5, 5.41) is 8.92. The van der Waals surface area contributed by atoms with Crippen LogP contribution in [0.15, 0.2) is 48.5 Å². The fraction of sp³-hybridized carbons (Fsp3) is 0.533. The topological polar surface area (TPSA) is 82.1 Å². The van der Waals surface area contributed by atoms with Gasteiger partial charge in [-0.05, 0) is 130 Å². The Morgan fingerprint density at radius 3 is 1.67 bits per heavy atom. The van der Waals surface area contributed by atoms with E-state index in [0.717, 1.165) is 30.1 Å². The lowest BCUT2D eigenvalue weighted by molar-refractivity contribution is -0.0622. The largest absolute Gasteiger partial charge is 0.508 e. The highest BCUT2D eigenvalue weighted by atomic mass is 16.5. The molecule has 194 valence electrons. The van der Waals surface area contributed by atoms with Crippen LogP contribution in [0, 0.1) is 23.2 Å². The van der Waals surface area contributed by atoms with Crippen molar-refractivity contribution in [3.05, 3.63) is 59.7 Å². The number of carbonyl (C=O) groups excluding carboxylic acids is 2. The van der Waals surface area contributed by atoms with Crippen LogP contribution in [0.5, 0.6) is 11.5 Å². The van der Waals surface area contributed by atoms with Crippen LogP contribution in [-0.4, -0.2) is 36.9 Å². The zero-order valence-corrected chi connectivity index (χ0v) is 21.4. The van der Waals surface area contributed by atoms with E-state index in [-0.39, 0.29) is 17.7 Å². The van der Waals surface area contributed by atoms with Crippen LogP contribution in [-0.2, 0) is 9.47 Å². The number of benzene rings is 2. The SMILES string of the molecule is CCOC(=O)c1ccc(O)cc1.CCOC(=O)c1ccc(OCCC23CC4CC(CC(C4)C2)C3)cc1. The second-order valence-electron chi connectivity index (χ2n) is 10.5. The van der Waals surface area contributed by atoms with Crippen LogP contribution in [0.3, 0.4) is 0 Å². The Bertz CT molecular complexity index is 975. The van der Waals surface area contributed by atoms with E-state index in [9.17, 15) is 9.59 Å². The summed E-state index contributed by atoms with van der Waals surface area (Å²) in [6.07, 6.45) is 9.98. The van der Waals surface area contributed by atoms with Gasteiger partial charge in [0.05, 0.1) is 30.9 Å². The lowest BCUT2D eigenvalue weighted by atomic mass is 9.49. The molecule has 4 bridgehead atoms. The van der Waals surface area contributed by atoms with Crippen LogP contribution in [0.4, 0.5) is 0 Å². The summed E-state index contributed by atoms with van der Waals surface area (Å²) < 4.78 is 15.7. The second kappa shape index (κ2) is 11.8. The van der Waals surface area contributed by atoms with Crippen molar-refractivity contribution in [1.29, 1.82) is 0 Å². The van der Waals surface area contributed by atoms with Gasteiger partial charge in [-0.2, -0.15) is 0 Å². The maximum atomic E-state index is 11.7. The summed E-state index contributed by atoms with van der Waals surface area (Å²) in [4.78, 5) is 22.7. The fourth-order valence-corrected chi connectivity index (χ4v) is 6.70. The molecule has 4 saturated carbocycles. The monoisotopic (exact) mass is 494 g/mol. The Kier molecular flexibility index (Phi) is 8.55. The Hall–Kier alpha value is -3.02. The Morgan fingerprint density at radius 2 is 1.22 bits per heavy atom. The molecule has 0 aliphatic heterocycles. The molecule has 4 fully saturated rings. The van der Waals surface area contributed by atoms with E-state index in [1.807, 2.05) is 19.1 Å². The molecule has 0 spiro atoms. The van der Waals surface area contributed by atoms with Gasteiger partial charge in [0.25, 0.3) is 0 Å². The summed E-state index contributed by atoms with van der Waals surface area (Å²) in [6.45, 7) is 5.13. The number of rotatable bonds is 8. The van der Waals surface area contributed by atoms with Crippen molar-refractivity contribution in [2.75, 3.05) is 19.8 Å². The third kappa shape index (κ3) is 6.59. The molecule has 4 aliphatic carbocycles. The number of esters is 2. The molecule has 4 aliphatic rings. The highest BCUT2D eigenvalue weighted by molar-refractivity contribution is 5.89. The van der Waals surface area contributed by atoms with Gasteiger partial charge in [-0.15, -0.1) is 0 Å². The average Bonchev–Trinajstić information content (AvgIpc) is 2.85. The lowest BCUT2D eigenvalue weighted by Gasteiger charge is -2.57. The Morgan fingerprint density at radius 1 is 0.778 bits per heavy atom. The first-order valence-electron chi connectivity index (χ1n) is 13.3. The fourth-order valence-electron chi connectivity index (χ4n) is 6.70. The number of aromatic hydroxyl groups is 1. The van der Waals surface area contributed by atoms with E-state index in [4.69, 9.17) is 19.3 Å². The predicted molar refractivity (Wildman–Crippen MR) is 137 cm³/mol. The second-order valence-corrected chi connectivity index (χ2v) is 10.5. The standard InChI is InChI=1S/C21H28O3.C9H10O3/c1-2-23-20(22)18-3-5-19(6-4-18)24-8-7-21-12-15-9-16(13-21)11-17(10-15)14-21;1-2-12-9(11)7-3-5-8(10)6-4-7/h3-6,15-17H,2,7-14H2,1H3;3-6,10H,2H2,1H3. The molecule has 0 atom stereocenters. The zero-order chi connectivity index (χ0) is 25.5. The van der Waals surface area contributed by atoms with Gasteiger partial charge in [0.1, 0.15) is 11.5 Å². The van der Waals surface area contributed by atoms with Gasteiger partial charge < -0.3 is 19.3 Å². The van der Waals surface area contributed by atoms with E-state index < -0.39 is 0 Å². The molecule has 2 aromatic carbocycles. The van der Waals surface area contributed by atoms with Crippen LogP contribution >= 0.6 is 0 Å². The van der Waals surface area contributed by atoms with Crippen molar-refractivity contribution < 1.29 is 28.9 Å². The first kappa shape index (κ1) is 26.1. The molecule has 6 nitrogen and oxygen atoms in total. The quantitative estimate of drug-likeness (QED) is 0.427. The molecule has 0 amide bonds. The number of hydrogen-bond acceptors (Lipinski definition) is 6. The summed E-state index contributed by atoms with van der Waals surface area (Å²) in [5.41, 5.74) is 1.61. The van der Waals surface area contributed by atoms with Gasteiger partial charge in [0.15, 0.2) is 0 Å². The van der Waals surface area contributed by atoms with E-state index in [1.54, 1.807) is 19.1 Å². The molecule has 1 N–H and O–H groups in total. The summed E-state index contributed by atoms with van der Waals surface area (Å²) in [5.74, 6) is 3.37. The van der Waals surface area contributed by atoms with Gasteiger partial charge in [-0.25, -0.2) is 9.59 Å². The highest BCUT2D eigenvalue weighted by Crippen LogP contribution is 2.61. The first-order valence-corrected chi connectivity index (χ1v) is 13.3. The molecule has 0 saturated heterocycles. The van der Waals surface area contributed by atoms with Crippen molar-refractivity contribution in [3.8, 4) is 11.5 Å². The number of phenols is 1. The normalized spacial score (nSPS) is 25.4. The molecular weight excluding hydrogens is 456 g/mol. The van der Waals surface area contributed by atoms with E-state index in [1.165, 1.54) is 69.2 Å². The molecule has 2 aromatic rings. The van der Waals surface area contributed by atoms with Gasteiger partial charge >= 0.3 is 11.9 Å². The summed E-state index contributed by atoms with van der Waals surface area (Å²) >= 11 is 0. The first-order chi connectivity index (χ1) is 17.4. The molecule has 36 heavy (non-hydrogen) atoms. The minimum absolute atomic E-state index is 0.142. The zero-order valence-electron chi connectivity index (χ0n) is 21.4. The maximum Gasteiger partial charge on any atom is 0.338 e. The minimum Gasteiger partial charge on any atom is -0.508 e. The van der Waals surface area contributed by atoms with Crippen LogP contribution in [0.1, 0.15) is 79.5 Å². The van der Waals surface area contributed by atoms with Crippen molar-refractivity contribution in [3.63, 3.8) is 0 Å². The Balaban J connectivity index is 0.000000214. The average molecular weight is 495 g/mol. The van der Waals surface area contributed by atoms with Crippen LogP contribution < -0.4 is 4.74 Å². The number of phenolic OH excluding ortho intramolecular Hbond substituents is 1. The van der Waals surface area contributed by atoms with E-state index >= 15 is 0 Å². The van der Waals surface area contributed by atoms with E-state index in [0.29, 0.717) is 29.8 Å². The molecule has 6 rings (SSSR count). The summed E-state index contributed by atoms with van der Waals surface area (Å²) in [7, 11) is 0. The summed E-state index contributed by atoms with van der Waals surface area (Å²) in [6, 6.07) is 13.3. The van der Waals surface area contributed by atoms with Crippen LogP contribution in [0.2, 0.25) is 0 Å². The third-order valence-electron chi connectivity index (χ3n) is 7.81. The van der Waals surface area contributed by atoms with E-state index in [2.05, 4.69) is 0 Å². The molecule has 0 unspecified atom stereocenters. The smallest absolute Gasteiger partial charge is 0.338 e.